The predicted molar refractivity (Wildman–Crippen MR) is 122 cm³/mol. The average Bonchev–Trinajstić information content (AvgIpc) is 2.87. The van der Waals surface area contributed by atoms with Crippen molar-refractivity contribution in [2.24, 2.45) is 5.92 Å². The van der Waals surface area contributed by atoms with Crippen LogP contribution in [0.1, 0.15) is 11.1 Å². The van der Waals surface area contributed by atoms with Gasteiger partial charge in [-0.15, -0.1) is 0 Å². The van der Waals surface area contributed by atoms with E-state index in [-0.39, 0.29) is 23.6 Å². The Bertz CT molecular complexity index is 1160. The van der Waals surface area contributed by atoms with E-state index in [1.165, 1.54) is 6.07 Å². The van der Waals surface area contributed by atoms with E-state index in [4.69, 9.17) is 0 Å². The third kappa shape index (κ3) is 4.19. The number of carbonyl (C=O) groups is 1. The van der Waals surface area contributed by atoms with Crippen LogP contribution in [0.25, 0.3) is 0 Å². The largest absolute Gasteiger partial charge is 0.364 e. The number of hydrogen-bond donors (Lipinski definition) is 1. The number of non-ortho nitro benzene ring substituents is 1. The first-order chi connectivity index (χ1) is 16.1. The zero-order valence-corrected chi connectivity index (χ0v) is 17.9. The number of nitrogens with one attached hydrogen (secondary N) is 1. The second kappa shape index (κ2) is 8.81. The van der Waals surface area contributed by atoms with E-state index >= 15 is 0 Å². The molecule has 10 heteroatoms. The molecule has 3 aromatic rings. The van der Waals surface area contributed by atoms with Gasteiger partial charge in [-0.2, -0.15) is 0 Å². The quantitative estimate of drug-likeness (QED) is 0.468. The standard InChI is InChI=1S/C23H23N7O3/c31-23(27-13-16-3-5-24-6-4-16)19-12-17-11-18(30(32)33)1-2-20(17)29-10-9-28(15-21(19)29)22-14-25-7-8-26-22/h1-8,11,14,19,21H,9-10,12-13,15H2,(H,27,31)/t19-,21-/m0/s1. The van der Waals surface area contributed by atoms with Crippen molar-refractivity contribution in [2.75, 3.05) is 29.4 Å². The van der Waals surface area contributed by atoms with Crippen LogP contribution in [-0.4, -0.2) is 51.5 Å². The molecule has 1 aromatic carbocycles. The molecule has 0 radical (unpaired) electrons. The summed E-state index contributed by atoms with van der Waals surface area (Å²) in [5.74, 6) is 0.350. The van der Waals surface area contributed by atoms with Crippen LogP contribution in [0.5, 0.6) is 0 Å². The van der Waals surface area contributed by atoms with Crippen LogP contribution < -0.4 is 15.1 Å². The molecule has 1 saturated heterocycles. The van der Waals surface area contributed by atoms with Gasteiger partial charge in [0.2, 0.25) is 5.91 Å². The van der Waals surface area contributed by atoms with Crippen molar-refractivity contribution >= 4 is 23.1 Å². The summed E-state index contributed by atoms with van der Waals surface area (Å²) in [7, 11) is 0. The normalized spacial score (nSPS) is 19.4. The van der Waals surface area contributed by atoms with Crippen LogP contribution in [0, 0.1) is 16.0 Å². The first-order valence-electron chi connectivity index (χ1n) is 10.8. The van der Waals surface area contributed by atoms with E-state index in [2.05, 4.69) is 30.1 Å². The molecule has 0 saturated carbocycles. The number of rotatable bonds is 5. The molecular formula is C23H23N7O3. The lowest BCUT2D eigenvalue weighted by molar-refractivity contribution is -0.384. The first kappa shape index (κ1) is 20.8. The number of benzene rings is 1. The fourth-order valence-electron chi connectivity index (χ4n) is 4.71. The molecule has 0 unspecified atom stereocenters. The topological polar surface area (TPSA) is 117 Å². The third-order valence-corrected chi connectivity index (χ3v) is 6.33. The lowest BCUT2D eigenvalue weighted by atomic mass is 9.83. The molecule has 33 heavy (non-hydrogen) atoms. The fraction of sp³-hybridized carbons (Fsp3) is 0.304. The monoisotopic (exact) mass is 445 g/mol. The van der Waals surface area contributed by atoms with Gasteiger partial charge in [0.15, 0.2) is 0 Å². The summed E-state index contributed by atoms with van der Waals surface area (Å²) in [5.41, 5.74) is 2.80. The van der Waals surface area contributed by atoms with Crippen molar-refractivity contribution in [3.8, 4) is 0 Å². The van der Waals surface area contributed by atoms with Crippen molar-refractivity contribution in [3.05, 3.63) is 82.6 Å². The van der Waals surface area contributed by atoms with Gasteiger partial charge in [0.1, 0.15) is 5.82 Å². The van der Waals surface area contributed by atoms with Crippen LogP contribution in [0.4, 0.5) is 17.2 Å². The Balaban J connectivity index is 1.43. The number of nitro benzene ring substituents is 1. The second-order valence-corrected chi connectivity index (χ2v) is 8.22. The molecule has 5 rings (SSSR count). The van der Waals surface area contributed by atoms with Gasteiger partial charge in [0.05, 0.1) is 23.1 Å². The fourth-order valence-corrected chi connectivity index (χ4v) is 4.71. The highest BCUT2D eigenvalue weighted by Crippen LogP contribution is 2.38. The van der Waals surface area contributed by atoms with Gasteiger partial charge in [-0.1, -0.05) is 0 Å². The Labute approximate surface area is 190 Å². The van der Waals surface area contributed by atoms with E-state index < -0.39 is 4.92 Å². The van der Waals surface area contributed by atoms with Crippen LogP contribution in [0.2, 0.25) is 0 Å². The molecule has 0 bridgehead atoms. The molecule has 4 heterocycles. The zero-order valence-electron chi connectivity index (χ0n) is 17.9. The molecule has 0 spiro atoms. The molecule has 2 aliphatic rings. The summed E-state index contributed by atoms with van der Waals surface area (Å²) in [6.45, 7) is 2.42. The van der Waals surface area contributed by atoms with Crippen LogP contribution in [0.3, 0.4) is 0 Å². The number of anilines is 2. The molecule has 10 nitrogen and oxygen atoms in total. The number of aromatic nitrogens is 3. The van der Waals surface area contributed by atoms with E-state index in [1.807, 2.05) is 18.2 Å². The number of hydrogen-bond acceptors (Lipinski definition) is 8. The molecule has 2 aliphatic heterocycles. The predicted octanol–water partition coefficient (Wildman–Crippen LogP) is 1.96. The zero-order chi connectivity index (χ0) is 22.8. The minimum atomic E-state index is -0.392. The Morgan fingerprint density at radius 2 is 1.97 bits per heavy atom. The lowest BCUT2D eigenvalue weighted by Crippen LogP contribution is -2.61. The average molecular weight is 445 g/mol. The van der Waals surface area contributed by atoms with Gasteiger partial charge in [-0.25, -0.2) is 4.98 Å². The van der Waals surface area contributed by atoms with E-state index in [0.29, 0.717) is 26.1 Å². The minimum absolute atomic E-state index is 0.0429. The SMILES string of the molecule is O=C(NCc1ccncc1)[C@H]1Cc2cc([N+](=O)[O-])ccc2N2CCN(c3cnccn3)C[C@@H]12. The van der Waals surface area contributed by atoms with E-state index in [0.717, 1.165) is 29.2 Å². The van der Waals surface area contributed by atoms with Crippen LogP contribution >= 0.6 is 0 Å². The van der Waals surface area contributed by atoms with Gasteiger partial charge in [-0.3, -0.25) is 24.9 Å². The summed E-state index contributed by atoms with van der Waals surface area (Å²) in [6, 6.07) is 8.58. The summed E-state index contributed by atoms with van der Waals surface area (Å²) >= 11 is 0. The Hall–Kier alpha value is -4.08. The number of nitro groups is 1. The highest BCUT2D eigenvalue weighted by atomic mass is 16.6. The molecule has 2 aromatic heterocycles. The van der Waals surface area contributed by atoms with Crippen molar-refractivity contribution < 1.29 is 9.72 Å². The number of pyridine rings is 1. The van der Waals surface area contributed by atoms with Crippen molar-refractivity contribution in [1.82, 2.24) is 20.3 Å². The summed E-state index contributed by atoms with van der Waals surface area (Å²) in [5, 5.41) is 14.4. The van der Waals surface area contributed by atoms with Crippen molar-refractivity contribution in [2.45, 2.75) is 19.0 Å². The van der Waals surface area contributed by atoms with Gasteiger partial charge in [-0.05, 0) is 35.7 Å². The van der Waals surface area contributed by atoms with Gasteiger partial charge >= 0.3 is 0 Å². The number of nitrogens with zero attached hydrogens (tertiary/aromatic N) is 6. The second-order valence-electron chi connectivity index (χ2n) is 8.22. The number of piperazine rings is 1. The molecule has 2 atom stereocenters. The van der Waals surface area contributed by atoms with Crippen LogP contribution in [-0.2, 0) is 17.8 Å². The highest BCUT2D eigenvalue weighted by molar-refractivity contribution is 5.82. The maximum absolute atomic E-state index is 13.4. The summed E-state index contributed by atoms with van der Waals surface area (Å²) in [4.78, 5) is 41.3. The molecule has 1 N–H and O–H groups in total. The smallest absolute Gasteiger partial charge is 0.269 e. The van der Waals surface area contributed by atoms with Gasteiger partial charge < -0.3 is 15.1 Å². The maximum Gasteiger partial charge on any atom is 0.269 e. The van der Waals surface area contributed by atoms with Gasteiger partial charge in [0, 0.05) is 68.8 Å². The number of amides is 1. The first-order valence-corrected chi connectivity index (χ1v) is 10.8. The number of fused-ring (bicyclic) bond motifs is 3. The number of carbonyl (C=O) groups excluding carboxylic acids is 1. The highest BCUT2D eigenvalue weighted by Gasteiger charge is 2.42. The lowest BCUT2D eigenvalue weighted by Gasteiger charge is -2.49. The van der Waals surface area contributed by atoms with Crippen molar-refractivity contribution in [1.29, 1.82) is 0 Å². The van der Waals surface area contributed by atoms with Gasteiger partial charge in [0.25, 0.3) is 5.69 Å². The van der Waals surface area contributed by atoms with Crippen molar-refractivity contribution in [3.63, 3.8) is 0 Å². The summed E-state index contributed by atoms with van der Waals surface area (Å²) in [6.07, 6.45) is 8.86. The molecular weight excluding hydrogens is 422 g/mol. The molecule has 168 valence electrons. The molecule has 1 amide bonds. The minimum Gasteiger partial charge on any atom is -0.364 e. The maximum atomic E-state index is 13.4. The van der Waals surface area contributed by atoms with E-state index in [9.17, 15) is 14.9 Å². The Morgan fingerprint density at radius 1 is 1.12 bits per heavy atom. The molecule has 0 aliphatic carbocycles. The Morgan fingerprint density at radius 3 is 2.73 bits per heavy atom. The third-order valence-electron chi connectivity index (χ3n) is 6.33. The Kier molecular flexibility index (Phi) is 5.55. The van der Waals surface area contributed by atoms with E-state index in [1.54, 1.807) is 37.1 Å². The van der Waals surface area contributed by atoms with Crippen LogP contribution in [0.15, 0.2) is 61.3 Å². The molecule has 1 fully saturated rings. The summed E-state index contributed by atoms with van der Waals surface area (Å²) < 4.78 is 0.